The Morgan fingerprint density at radius 2 is 0.667 bits per heavy atom. The third-order valence-corrected chi connectivity index (χ3v) is 34.3. The van der Waals surface area contributed by atoms with Gasteiger partial charge >= 0.3 is 47.8 Å². The molecular weight excluding hydrogens is 1590 g/mol. The molecule has 23 rings (SSSR count). The van der Waals surface area contributed by atoms with Crippen LogP contribution in [0.5, 0.6) is 0 Å². The van der Waals surface area contributed by atoms with Crippen molar-refractivity contribution in [3.8, 4) is 0 Å². The lowest BCUT2D eigenvalue weighted by Crippen LogP contribution is -2.52. The summed E-state index contributed by atoms with van der Waals surface area (Å²) in [6.45, 7) is 33.9. The zero-order valence-corrected chi connectivity index (χ0v) is 77.5. The van der Waals surface area contributed by atoms with Crippen LogP contribution in [0, 0.1) is 160 Å². The Morgan fingerprint density at radius 3 is 1.02 bits per heavy atom. The second-order valence-electron chi connectivity index (χ2n) is 41.9. The molecule has 18 bridgehead atoms. The Kier molecular flexibility index (Phi) is 36.2. The molecule has 0 radical (unpaired) electrons. The maximum Gasteiger partial charge on any atom is 0.333 e. The Morgan fingerprint density at radius 1 is 0.310 bits per heavy atom. The fourth-order valence-electron chi connectivity index (χ4n) is 29.4. The lowest BCUT2D eigenvalue weighted by Gasteiger charge is -2.55. The first kappa shape index (κ1) is 97.9. The largest absolute Gasteiger partial charge is 0.466 e. The van der Waals surface area contributed by atoms with Crippen molar-refractivity contribution in [3.63, 3.8) is 0 Å². The lowest BCUT2D eigenvalue weighted by molar-refractivity contribution is -0.181. The highest BCUT2D eigenvalue weighted by atomic mass is 16.6. The van der Waals surface area contributed by atoms with Gasteiger partial charge in [0.1, 0.15) is 43.2 Å². The molecule has 18 heteroatoms. The van der Waals surface area contributed by atoms with Crippen LogP contribution in [0.25, 0.3) is 0 Å². The molecule has 0 aromatic carbocycles. The molecule has 18 nitrogen and oxygen atoms in total. The molecule has 0 aromatic heterocycles. The van der Waals surface area contributed by atoms with Gasteiger partial charge in [-0.3, -0.25) is 0 Å². The number of fused-ring (bicyclic) bond motifs is 29. The van der Waals surface area contributed by atoms with Gasteiger partial charge in [-0.1, -0.05) is 102 Å². The number of carbonyl (C=O) groups is 8. The van der Waals surface area contributed by atoms with Crippen LogP contribution in [0.4, 0.5) is 0 Å². The van der Waals surface area contributed by atoms with Crippen LogP contribution >= 0.6 is 0 Å². The molecular formula is C108H156O18. The van der Waals surface area contributed by atoms with Gasteiger partial charge in [-0.15, -0.1) is 0 Å². The van der Waals surface area contributed by atoms with E-state index in [0.717, 1.165) is 193 Å². The van der Waals surface area contributed by atoms with Crippen LogP contribution in [0.2, 0.25) is 0 Å². The highest BCUT2D eigenvalue weighted by molar-refractivity contribution is 5.88. The summed E-state index contributed by atoms with van der Waals surface area (Å²) in [5, 5.41) is 0. The minimum atomic E-state index is -0.410. The monoisotopic (exact) mass is 1740 g/mol. The minimum Gasteiger partial charge on any atom is -0.466 e. The topological polar surface area (TPSA) is 229 Å². The Balaban J connectivity index is 0.000000127. The van der Waals surface area contributed by atoms with Crippen molar-refractivity contribution >= 4 is 47.8 Å². The quantitative estimate of drug-likeness (QED) is 0.0385. The summed E-state index contributed by atoms with van der Waals surface area (Å²) < 4.78 is 49.9. The molecule has 0 saturated heterocycles. The first-order valence-corrected chi connectivity index (χ1v) is 49.3. The predicted octanol–water partition coefficient (Wildman–Crippen LogP) is 21.6. The maximum atomic E-state index is 11.5. The van der Waals surface area contributed by atoms with Crippen molar-refractivity contribution in [3.05, 3.63) is 136 Å². The number of hydrogen-bond acceptors (Lipinski definition) is 18. The van der Waals surface area contributed by atoms with Crippen molar-refractivity contribution in [2.24, 2.45) is 160 Å². The molecule has 0 spiro atoms. The average Bonchev–Trinajstić information content (AvgIpc) is 1.09. The third kappa shape index (κ3) is 25.1. The van der Waals surface area contributed by atoms with Crippen LogP contribution in [0.15, 0.2) is 136 Å². The van der Waals surface area contributed by atoms with E-state index in [0.29, 0.717) is 66.8 Å². The van der Waals surface area contributed by atoms with E-state index in [2.05, 4.69) is 113 Å². The molecule has 28 unspecified atom stereocenters. The molecule has 23 aliphatic rings. The smallest absolute Gasteiger partial charge is 0.333 e. The second-order valence-corrected chi connectivity index (χ2v) is 41.9. The molecule has 20 fully saturated rings. The number of methoxy groups -OCH3 is 3. The van der Waals surface area contributed by atoms with Gasteiger partial charge in [-0.2, -0.15) is 0 Å². The van der Waals surface area contributed by atoms with Gasteiger partial charge < -0.3 is 47.4 Å². The fourth-order valence-corrected chi connectivity index (χ4v) is 29.4. The molecule has 0 amide bonds. The summed E-state index contributed by atoms with van der Waals surface area (Å²) in [7, 11) is 4.40. The Labute approximate surface area is 755 Å². The number of carbonyl (C=O) groups excluding carboxylic acids is 8. The van der Waals surface area contributed by atoms with Crippen LogP contribution in [0.3, 0.4) is 0 Å². The minimum absolute atomic E-state index is 0.0972. The number of allylic oxidation sites excluding steroid dienone is 6. The molecule has 696 valence electrons. The van der Waals surface area contributed by atoms with E-state index in [9.17, 15) is 38.4 Å². The van der Waals surface area contributed by atoms with E-state index < -0.39 is 11.9 Å². The van der Waals surface area contributed by atoms with Gasteiger partial charge in [0.05, 0.1) is 20.3 Å². The zero-order valence-electron chi connectivity index (χ0n) is 77.5. The number of rotatable bonds is 19. The van der Waals surface area contributed by atoms with E-state index in [1.165, 1.54) is 173 Å². The molecule has 0 aliphatic heterocycles. The molecule has 28 atom stereocenters. The standard InChI is InChI=1S/C14H20O2.2C13H18O2.C11H16O2.C10H14O2.3C10H14.C7H12O3.C6H10O3.C4H6O2/c1-8(2)14(15)16-13-7-9-6-12(13)11-5-3-4-10(9)11;1-2-12(14)15-13-6-9-3-10(7-13)5-11(4-9)8-13;1-2-13(14)15-12-7-8-6-11(12)10-5-3-4-9(8)10;1-7(2)11(12)13-10-6-8-3-4-9(10)5-8;1-2-10(11)12-9-6-7-3-4-8(9)5-7;3*1-2-9-7-4-5-8(6-7)10(9)3-1;1-6(2)7(8)10-5-4-9-3;1-3-6(7)9-5-4-8-2;1-3-4(5)6-2/h9-13H,1,3-7H2,2H3;2,9-11H,1,3-8H2;2,8-12H,1,3-7H2;8-10H,1,3-6H2,2H3;2,7-9H,1,3-6H2;3*1-2,7-10H,3-6H2;1,4-5H2,2-3H3;3H,1,4-5H2,2H3;3H,1H2,2H3. The Hall–Kier alpha value is -7.18. The maximum absolute atomic E-state index is 11.5. The van der Waals surface area contributed by atoms with Crippen molar-refractivity contribution in [2.45, 2.75) is 282 Å². The molecule has 20 saturated carbocycles. The van der Waals surface area contributed by atoms with Crippen molar-refractivity contribution in [2.75, 3.05) is 47.8 Å². The van der Waals surface area contributed by atoms with Crippen molar-refractivity contribution < 1.29 is 85.7 Å². The SMILES string of the molecule is C1=CC2C3CCC(C3)C2C1.C1=CC2C3CCC(C3)C2C1.C1=CC2C3CCC(C3)C2C1.C=C(C)C(=O)OC1CC2CC1C1CCCC21.C=C(C)C(=O)OC1CC2CCC1C2.C=C(C)C(=O)OCCOC.C=CC(=O)OC.C=CC(=O)OC12CC3CC(CC(C3)C1)C2.C=CC(=O)OC1CC2CC1C1CCCC21.C=CC(=O)OC1CC2CCC1C2.C=CC(=O)OCCOC. The first-order chi connectivity index (χ1) is 60.7. The van der Waals surface area contributed by atoms with Gasteiger partial charge in [-0.25, -0.2) is 38.4 Å². The second kappa shape index (κ2) is 46.6. The van der Waals surface area contributed by atoms with E-state index in [-0.39, 0.29) is 65.8 Å². The van der Waals surface area contributed by atoms with E-state index >= 15 is 0 Å². The number of ether oxygens (including phenoxy) is 10. The predicted molar refractivity (Wildman–Crippen MR) is 489 cm³/mol. The number of hydrogen-bond donors (Lipinski definition) is 0. The normalized spacial score (nSPS) is 39.1. The number of esters is 8. The van der Waals surface area contributed by atoms with Crippen molar-refractivity contribution in [1.82, 2.24) is 0 Å². The average molecular weight is 1740 g/mol. The van der Waals surface area contributed by atoms with E-state index in [1.54, 1.807) is 73.5 Å². The lowest BCUT2D eigenvalue weighted by atomic mass is 9.54. The van der Waals surface area contributed by atoms with Crippen LogP contribution in [-0.2, 0) is 85.7 Å². The van der Waals surface area contributed by atoms with Gasteiger partial charge in [0.2, 0.25) is 0 Å². The van der Waals surface area contributed by atoms with E-state index in [1.807, 2.05) is 0 Å². The van der Waals surface area contributed by atoms with Gasteiger partial charge in [0.25, 0.3) is 0 Å². The highest BCUT2D eigenvalue weighted by Gasteiger charge is 2.58. The van der Waals surface area contributed by atoms with Crippen LogP contribution < -0.4 is 0 Å². The summed E-state index contributed by atoms with van der Waals surface area (Å²) in [4.78, 5) is 87.0. The van der Waals surface area contributed by atoms with Gasteiger partial charge in [0, 0.05) is 61.3 Å². The summed E-state index contributed by atoms with van der Waals surface area (Å²) in [5.74, 6) is 22.9. The fraction of sp³-hybridized carbons (Fsp3) is 0.722. The van der Waals surface area contributed by atoms with Gasteiger partial charge in [0.15, 0.2) is 0 Å². The summed E-state index contributed by atoms with van der Waals surface area (Å²) in [6.07, 6.45) is 70.4. The summed E-state index contributed by atoms with van der Waals surface area (Å²) >= 11 is 0. The molecule has 0 N–H and O–H groups in total. The van der Waals surface area contributed by atoms with Crippen LogP contribution in [-0.4, -0.2) is 126 Å². The zero-order chi connectivity index (χ0) is 89.9. The molecule has 0 heterocycles. The summed E-state index contributed by atoms with van der Waals surface area (Å²) in [5.41, 5.74) is 1.37. The first-order valence-electron chi connectivity index (χ1n) is 49.3. The molecule has 126 heavy (non-hydrogen) atoms. The van der Waals surface area contributed by atoms with Crippen LogP contribution in [0.1, 0.15) is 252 Å². The van der Waals surface area contributed by atoms with Gasteiger partial charge in [-0.05, 0) is 399 Å². The highest BCUT2D eigenvalue weighted by Crippen LogP contribution is 2.63. The molecule has 23 aliphatic carbocycles. The third-order valence-electron chi connectivity index (χ3n) is 34.3. The molecule has 0 aromatic rings. The van der Waals surface area contributed by atoms with E-state index in [4.69, 9.17) is 23.7 Å². The summed E-state index contributed by atoms with van der Waals surface area (Å²) in [6, 6.07) is 0. The van der Waals surface area contributed by atoms with Crippen molar-refractivity contribution in [1.29, 1.82) is 0 Å². The Bertz CT molecular complexity index is 3760.